The molecule has 0 aliphatic carbocycles. The molecule has 1 rings (SSSR count). The number of pyridine rings is 1. The first kappa shape index (κ1) is 10.6. The van der Waals surface area contributed by atoms with Crippen LogP contribution in [0.1, 0.15) is 19.4 Å². The van der Waals surface area contributed by atoms with Crippen LogP contribution in [-0.2, 0) is 0 Å². The Bertz CT molecular complexity index is 326. The van der Waals surface area contributed by atoms with Crippen LogP contribution in [0.4, 0.5) is 0 Å². The van der Waals surface area contributed by atoms with Gasteiger partial charge in [-0.3, -0.25) is 9.98 Å². The molecule has 0 fully saturated rings. The molecule has 0 bridgehead atoms. The van der Waals surface area contributed by atoms with E-state index in [0.717, 1.165) is 11.1 Å². The second-order valence-electron chi connectivity index (χ2n) is 3.00. The molecule has 0 radical (unpaired) electrons. The molecule has 74 valence electrons. The Hall–Kier alpha value is -1.48. The number of nitrogens with two attached hydrogens (primary N) is 1. The molecule has 14 heavy (non-hydrogen) atoms. The van der Waals surface area contributed by atoms with Gasteiger partial charge >= 0.3 is 0 Å². The summed E-state index contributed by atoms with van der Waals surface area (Å²) in [5, 5.41) is 0. The Balaban J connectivity index is 2.85. The van der Waals surface area contributed by atoms with Gasteiger partial charge in [-0.05, 0) is 25.5 Å². The monoisotopic (exact) mass is 189 g/mol. The number of aromatic nitrogens is 1. The van der Waals surface area contributed by atoms with Crippen molar-refractivity contribution in [2.75, 3.05) is 0 Å². The summed E-state index contributed by atoms with van der Waals surface area (Å²) in [5.41, 5.74) is 7.63. The SMILES string of the molecule is C/C=C(\C=NC(C)N)c1cccnc1. The van der Waals surface area contributed by atoms with Gasteiger partial charge in [-0.15, -0.1) is 0 Å². The third kappa shape index (κ3) is 3.11. The normalized spacial score (nSPS) is 14.6. The topological polar surface area (TPSA) is 51.3 Å². The minimum atomic E-state index is -0.165. The lowest BCUT2D eigenvalue weighted by Gasteiger charge is -2.01. The third-order valence-electron chi connectivity index (χ3n) is 1.75. The fourth-order valence-corrected chi connectivity index (χ4v) is 1.05. The zero-order valence-electron chi connectivity index (χ0n) is 8.51. The van der Waals surface area contributed by atoms with Crippen LogP contribution in [0.15, 0.2) is 35.6 Å². The highest BCUT2D eigenvalue weighted by Crippen LogP contribution is 2.09. The van der Waals surface area contributed by atoms with Crippen LogP contribution in [0.25, 0.3) is 5.57 Å². The van der Waals surface area contributed by atoms with Crippen molar-refractivity contribution in [3.8, 4) is 0 Å². The Morgan fingerprint density at radius 1 is 1.64 bits per heavy atom. The largest absolute Gasteiger partial charge is 0.310 e. The van der Waals surface area contributed by atoms with Crippen LogP contribution in [-0.4, -0.2) is 17.4 Å². The van der Waals surface area contributed by atoms with E-state index in [1.807, 2.05) is 38.3 Å². The van der Waals surface area contributed by atoms with Gasteiger partial charge in [-0.1, -0.05) is 12.1 Å². The summed E-state index contributed by atoms with van der Waals surface area (Å²) in [5.74, 6) is 0. The van der Waals surface area contributed by atoms with Gasteiger partial charge in [0.05, 0.1) is 6.17 Å². The van der Waals surface area contributed by atoms with E-state index in [0.29, 0.717) is 0 Å². The van der Waals surface area contributed by atoms with Crippen LogP contribution >= 0.6 is 0 Å². The number of nitrogens with zero attached hydrogens (tertiary/aromatic N) is 2. The molecule has 1 atom stereocenters. The zero-order valence-corrected chi connectivity index (χ0v) is 8.51. The second kappa shape index (κ2) is 5.29. The molecule has 2 N–H and O–H groups in total. The highest BCUT2D eigenvalue weighted by Gasteiger charge is 1.96. The molecule has 0 spiro atoms. The van der Waals surface area contributed by atoms with Crippen molar-refractivity contribution in [1.29, 1.82) is 0 Å². The molecule has 1 unspecified atom stereocenters. The molecule has 0 aromatic carbocycles. The Morgan fingerprint density at radius 2 is 2.43 bits per heavy atom. The maximum Gasteiger partial charge on any atom is 0.0940 e. The van der Waals surface area contributed by atoms with Crippen molar-refractivity contribution < 1.29 is 0 Å². The lowest BCUT2D eigenvalue weighted by molar-refractivity contribution is 0.798. The molecule has 0 amide bonds. The molecule has 1 heterocycles. The van der Waals surface area contributed by atoms with Crippen molar-refractivity contribution in [1.82, 2.24) is 4.98 Å². The van der Waals surface area contributed by atoms with E-state index in [-0.39, 0.29) is 6.17 Å². The fourth-order valence-electron chi connectivity index (χ4n) is 1.05. The van der Waals surface area contributed by atoms with Gasteiger partial charge in [0.25, 0.3) is 0 Å². The van der Waals surface area contributed by atoms with E-state index in [4.69, 9.17) is 5.73 Å². The first-order valence-electron chi connectivity index (χ1n) is 4.59. The average molecular weight is 189 g/mol. The first-order chi connectivity index (χ1) is 6.74. The Kier molecular flexibility index (Phi) is 4.01. The summed E-state index contributed by atoms with van der Waals surface area (Å²) in [7, 11) is 0. The summed E-state index contributed by atoms with van der Waals surface area (Å²) < 4.78 is 0. The first-order valence-corrected chi connectivity index (χ1v) is 4.59. The molecule has 1 aromatic rings. The number of allylic oxidation sites excluding steroid dienone is 2. The summed E-state index contributed by atoms with van der Waals surface area (Å²) in [6.45, 7) is 3.81. The zero-order chi connectivity index (χ0) is 10.4. The van der Waals surface area contributed by atoms with E-state index in [2.05, 4.69) is 9.98 Å². The van der Waals surface area contributed by atoms with Gasteiger partial charge in [0.1, 0.15) is 0 Å². The van der Waals surface area contributed by atoms with Gasteiger partial charge in [-0.2, -0.15) is 0 Å². The van der Waals surface area contributed by atoms with Gasteiger partial charge in [0.2, 0.25) is 0 Å². The molecule has 3 heteroatoms. The van der Waals surface area contributed by atoms with E-state index < -0.39 is 0 Å². The van der Waals surface area contributed by atoms with E-state index in [9.17, 15) is 0 Å². The van der Waals surface area contributed by atoms with Gasteiger partial charge in [0.15, 0.2) is 0 Å². The van der Waals surface area contributed by atoms with Gasteiger partial charge < -0.3 is 5.73 Å². The average Bonchev–Trinajstić information content (AvgIpc) is 2.20. The predicted octanol–water partition coefficient (Wildman–Crippen LogP) is 1.86. The summed E-state index contributed by atoms with van der Waals surface area (Å²) in [6, 6.07) is 3.90. The van der Waals surface area contributed by atoms with Crippen molar-refractivity contribution in [3.05, 3.63) is 36.2 Å². The van der Waals surface area contributed by atoms with Crippen LogP contribution in [0, 0.1) is 0 Å². The Labute approximate surface area is 84.4 Å². The van der Waals surface area contributed by atoms with Crippen molar-refractivity contribution in [3.63, 3.8) is 0 Å². The van der Waals surface area contributed by atoms with Crippen molar-refractivity contribution in [2.45, 2.75) is 20.0 Å². The quantitative estimate of drug-likeness (QED) is 0.738. The van der Waals surface area contributed by atoms with E-state index in [1.54, 1.807) is 12.4 Å². The maximum absolute atomic E-state index is 5.53. The third-order valence-corrected chi connectivity index (χ3v) is 1.75. The summed E-state index contributed by atoms with van der Waals surface area (Å²) >= 11 is 0. The predicted molar refractivity (Wildman–Crippen MR) is 60.0 cm³/mol. The number of rotatable bonds is 3. The van der Waals surface area contributed by atoms with Gasteiger partial charge in [0, 0.05) is 24.2 Å². The van der Waals surface area contributed by atoms with Crippen molar-refractivity contribution >= 4 is 11.8 Å². The van der Waals surface area contributed by atoms with E-state index in [1.165, 1.54) is 0 Å². The number of hydrogen-bond donors (Lipinski definition) is 1. The van der Waals surface area contributed by atoms with Gasteiger partial charge in [-0.25, -0.2) is 0 Å². The lowest BCUT2D eigenvalue weighted by Crippen LogP contribution is -2.11. The summed E-state index contributed by atoms with van der Waals surface area (Å²) in [6.07, 6.45) is 7.16. The molecule has 3 nitrogen and oxygen atoms in total. The maximum atomic E-state index is 5.53. The highest BCUT2D eigenvalue weighted by atomic mass is 14.9. The fraction of sp³-hybridized carbons (Fsp3) is 0.273. The van der Waals surface area contributed by atoms with Crippen LogP contribution in [0.3, 0.4) is 0 Å². The highest BCUT2D eigenvalue weighted by molar-refractivity contribution is 6.09. The molecular weight excluding hydrogens is 174 g/mol. The molecule has 1 aromatic heterocycles. The molecule has 0 saturated carbocycles. The van der Waals surface area contributed by atoms with Crippen LogP contribution in [0.2, 0.25) is 0 Å². The second-order valence-corrected chi connectivity index (χ2v) is 3.00. The minimum Gasteiger partial charge on any atom is -0.310 e. The van der Waals surface area contributed by atoms with Crippen LogP contribution < -0.4 is 5.73 Å². The molecule has 0 aliphatic heterocycles. The number of hydrogen-bond acceptors (Lipinski definition) is 3. The number of aliphatic imine (C=N–C) groups is 1. The standard InChI is InChI=1S/C11H15N3/c1-3-10(8-14-9(2)12)11-5-4-6-13-7-11/h3-9H,12H2,1-2H3/b10-3+,14-8?. The van der Waals surface area contributed by atoms with Crippen LogP contribution in [0.5, 0.6) is 0 Å². The minimum absolute atomic E-state index is 0.165. The van der Waals surface area contributed by atoms with Crippen molar-refractivity contribution in [2.24, 2.45) is 10.7 Å². The molecular formula is C11H15N3. The lowest BCUT2D eigenvalue weighted by atomic mass is 10.1. The van der Waals surface area contributed by atoms with E-state index >= 15 is 0 Å². The summed E-state index contributed by atoms with van der Waals surface area (Å²) in [4.78, 5) is 8.18. The Morgan fingerprint density at radius 3 is 2.93 bits per heavy atom. The smallest absolute Gasteiger partial charge is 0.0940 e. The molecule has 0 saturated heterocycles. The molecule has 0 aliphatic rings.